The molecule has 0 saturated carbocycles. The minimum absolute atomic E-state index is 0.625. The van der Waals surface area contributed by atoms with Crippen LogP contribution >= 0.6 is 0 Å². The summed E-state index contributed by atoms with van der Waals surface area (Å²) in [4.78, 5) is 5.01. The van der Waals surface area contributed by atoms with Crippen molar-refractivity contribution in [2.24, 2.45) is 0 Å². The van der Waals surface area contributed by atoms with E-state index in [4.69, 9.17) is 18.9 Å². The predicted molar refractivity (Wildman–Crippen MR) is 117 cm³/mol. The monoisotopic (exact) mass is 412 g/mol. The van der Waals surface area contributed by atoms with Crippen molar-refractivity contribution in [3.8, 4) is 17.2 Å². The van der Waals surface area contributed by atoms with Gasteiger partial charge < -0.3 is 18.9 Å². The molecule has 1 saturated heterocycles. The number of nitrogens with zero attached hydrogens (tertiary/aromatic N) is 2. The van der Waals surface area contributed by atoms with Crippen LogP contribution in [-0.2, 0) is 17.7 Å². The Kier molecular flexibility index (Phi) is 7.45. The van der Waals surface area contributed by atoms with Crippen molar-refractivity contribution in [1.29, 1.82) is 0 Å². The zero-order valence-corrected chi connectivity index (χ0v) is 17.8. The Morgan fingerprint density at radius 3 is 2.27 bits per heavy atom. The molecule has 0 atom stereocenters. The standard InChI is InChI=1S/C24H32N2O4/c1-27-22-5-2-21(3-6-22)19-26-11-9-25(10-12-26)13-15-28-14-8-20-4-7-23-24(18-20)30-17-16-29-23/h2-7,18H,8-17,19H2,1H3. The van der Waals surface area contributed by atoms with Gasteiger partial charge in [0.05, 0.1) is 20.3 Å². The van der Waals surface area contributed by atoms with Gasteiger partial charge in [-0.25, -0.2) is 0 Å². The molecule has 4 rings (SSSR count). The van der Waals surface area contributed by atoms with Gasteiger partial charge in [0.25, 0.3) is 0 Å². The molecule has 6 nitrogen and oxygen atoms in total. The molecule has 2 heterocycles. The van der Waals surface area contributed by atoms with E-state index in [0.29, 0.717) is 13.2 Å². The Bertz CT molecular complexity index is 788. The van der Waals surface area contributed by atoms with E-state index in [0.717, 1.165) is 76.2 Å². The van der Waals surface area contributed by atoms with Crippen LogP contribution in [0.5, 0.6) is 17.2 Å². The summed E-state index contributed by atoms with van der Waals surface area (Å²) in [5.74, 6) is 2.61. The van der Waals surface area contributed by atoms with Crippen LogP contribution in [0.1, 0.15) is 11.1 Å². The SMILES string of the molecule is COc1ccc(CN2CCN(CCOCCc3ccc4c(c3)OCCO4)CC2)cc1. The van der Waals surface area contributed by atoms with Crippen LogP contribution in [0.2, 0.25) is 0 Å². The fraction of sp³-hybridized carbons (Fsp3) is 0.500. The average Bonchev–Trinajstić information content (AvgIpc) is 2.80. The van der Waals surface area contributed by atoms with Crippen LogP contribution in [0.25, 0.3) is 0 Å². The van der Waals surface area contributed by atoms with Gasteiger partial charge in [0.15, 0.2) is 11.5 Å². The molecule has 0 amide bonds. The number of rotatable bonds is 9. The number of ether oxygens (including phenoxy) is 4. The Morgan fingerprint density at radius 1 is 0.800 bits per heavy atom. The quantitative estimate of drug-likeness (QED) is 0.590. The van der Waals surface area contributed by atoms with Crippen LogP contribution in [0, 0.1) is 0 Å². The van der Waals surface area contributed by atoms with Crippen LogP contribution in [0.15, 0.2) is 42.5 Å². The smallest absolute Gasteiger partial charge is 0.161 e. The summed E-state index contributed by atoms with van der Waals surface area (Å²) in [5.41, 5.74) is 2.57. The summed E-state index contributed by atoms with van der Waals surface area (Å²) in [6.45, 7) is 9.17. The third-order valence-electron chi connectivity index (χ3n) is 5.72. The summed E-state index contributed by atoms with van der Waals surface area (Å²) in [7, 11) is 1.70. The number of fused-ring (bicyclic) bond motifs is 1. The van der Waals surface area contributed by atoms with Crippen molar-refractivity contribution < 1.29 is 18.9 Å². The van der Waals surface area contributed by atoms with Crippen molar-refractivity contribution in [3.05, 3.63) is 53.6 Å². The Balaban J connectivity index is 1.09. The maximum atomic E-state index is 5.89. The highest BCUT2D eigenvalue weighted by molar-refractivity contribution is 5.43. The predicted octanol–water partition coefficient (Wildman–Crippen LogP) is 2.84. The molecular formula is C24H32N2O4. The molecule has 0 spiro atoms. The molecule has 2 aromatic rings. The highest BCUT2D eigenvalue weighted by Crippen LogP contribution is 2.30. The van der Waals surface area contributed by atoms with Crippen molar-refractivity contribution in [2.45, 2.75) is 13.0 Å². The molecule has 162 valence electrons. The molecule has 0 aliphatic carbocycles. The highest BCUT2D eigenvalue weighted by atomic mass is 16.6. The molecule has 0 aromatic heterocycles. The van der Waals surface area contributed by atoms with E-state index in [1.165, 1.54) is 11.1 Å². The third-order valence-corrected chi connectivity index (χ3v) is 5.72. The molecule has 1 fully saturated rings. The minimum atomic E-state index is 0.625. The number of hydrogen-bond donors (Lipinski definition) is 0. The largest absolute Gasteiger partial charge is 0.497 e. The number of benzene rings is 2. The summed E-state index contributed by atoms with van der Waals surface area (Å²) in [6.07, 6.45) is 0.895. The molecule has 2 aromatic carbocycles. The lowest BCUT2D eigenvalue weighted by Gasteiger charge is -2.34. The molecule has 2 aliphatic heterocycles. The number of hydrogen-bond acceptors (Lipinski definition) is 6. The second-order valence-corrected chi connectivity index (χ2v) is 7.81. The first kappa shape index (κ1) is 21.0. The second-order valence-electron chi connectivity index (χ2n) is 7.81. The zero-order chi connectivity index (χ0) is 20.6. The molecule has 30 heavy (non-hydrogen) atoms. The van der Waals surface area contributed by atoms with Crippen LogP contribution in [0.4, 0.5) is 0 Å². The number of piperazine rings is 1. The van der Waals surface area contributed by atoms with E-state index in [1.54, 1.807) is 7.11 Å². The van der Waals surface area contributed by atoms with Gasteiger partial charge in [0.1, 0.15) is 19.0 Å². The Morgan fingerprint density at radius 2 is 1.50 bits per heavy atom. The van der Waals surface area contributed by atoms with E-state index in [9.17, 15) is 0 Å². The zero-order valence-electron chi connectivity index (χ0n) is 17.8. The summed E-state index contributed by atoms with van der Waals surface area (Å²) < 4.78 is 22.3. The third kappa shape index (κ3) is 5.88. The first-order chi connectivity index (χ1) is 14.8. The van der Waals surface area contributed by atoms with E-state index in [1.807, 2.05) is 18.2 Å². The van der Waals surface area contributed by atoms with Crippen molar-refractivity contribution in [1.82, 2.24) is 9.80 Å². The first-order valence-electron chi connectivity index (χ1n) is 10.8. The average molecular weight is 413 g/mol. The van der Waals surface area contributed by atoms with Gasteiger partial charge in [-0.05, 0) is 41.8 Å². The molecule has 2 aliphatic rings. The van der Waals surface area contributed by atoms with Crippen LogP contribution in [0.3, 0.4) is 0 Å². The maximum Gasteiger partial charge on any atom is 0.161 e. The highest BCUT2D eigenvalue weighted by Gasteiger charge is 2.17. The van der Waals surface area contributed by atoms with E-state index < -0.39 is 0 Å². The molecule has 0 bridgehead atoms. The molecule has 0 N–H and O–H groups in total. The molecular weight excluding hydrogens is 380 g/mol. The van der Waals surface area contributed by atoms with Gasteiger partial charge in [0.2, 0.25) is 0 Å². The minimum Gasteiger partial charge on any atom is -0.497 e. The van der Waals surface area contributed by atoms with Crippen molar-refractivity contribution in [2.75, 3.05) is 66.3 Å². The lowest BCUT2D eigenvalue weighted by atomic mass is 10.1. The van der Waals surface area contributed by atoms with Gasteiger partial charge >= 0.3 is 0 Å². The fourth-order valence-corrected chi connectivity index (χ4v) is 3.89. The van der Waals surface area contributed by atoms with Gasteiger partial charge in [-0.15, -0.1) is 0 Å². The van der Waals surface area contributed by atoms with Gasteiger partial charge in [0, 0.05) is 39.3 Å². The van der Waals surface area contributed by atoms with Gasteiger partial charge in [-0.3, -0.25) is 9.80 Å². The first-order valence-corrected chi connectivity index (χ1v) is 10.8. The van der Waals surface area contributed by atoms with Crippen LogP contribution in [-0.4, -0.2) is 76.1 Å². The van der Waals surface area contributed by atoms with Crippen LogP contribution < -0.4 is 14.2 Å². The summed E-state index contributed by atoms with van der Waals surface area (Å²) in [5, 5.41) is 0. The topological polar surface area (TPSA) is 43.4 Å². The van der Waals surface area contributed by atoms with E-state index in [2.05, 4.69) is 34.1 Å². The fourth-order valence-electron chi connectivity index (χ4n) is 3.89. The normalized spacial score (nSPS) is 17.1. The van der Waals surface area contributed by atoms with Crippen molar-refractivity contribution >= 4 is 0 Å². The van der Waals surface area contributed by atoms with E-state index in [-0.39, 0.29) is 0 Å². The van der Waals surface area contributed by atoms with Gasteiger partial charge in [-0.2, -0.15) is 0 Å². The lowest BCUT2D eigenvalue weighted by molar-refractivity contribution is 0.0747. The lowest BCUT2D eigenvalue weighted by Crippen LogP contribution is -2.46. The van der Waals surface area contributed by atoms with Gasteiger partial charge in [-0.1, -0.05) is 18.2 Å². The molecule has 6 heteroatoms. The number of methoxy groups -OCH3 is 1. The van der Waals surface area contributed by atoms with E-state index >= 15 is 0 Å². The summed E-state index contributed by atoms with van der Waals surface area (Å²) >= 11 is 0. The molecule has 0 radical (unpaired) electrons. The Labute approximate surface area is 179 Å². The summed E-state index contributed by atoms with van der Waals surface area (Å²) in [6, 6.07) is 14.5. The maximum absolute atomic E-state index is 5.89. The Hall–Kier alpha value is -2.28. The van der Waals surface area contributed by atoms with Crippen molar-refractivity contribution in [3.63, 3.8) is 0 Å². The molecule has 0 unspecified atom stereocenters. The second kappa shape index (κ2) is 10.7.